The molecule has 0 amide bonds. The lowest BCUT2D eigenvalue weighted by Gasteiger charge is -1.93. The molecule has 1 rings (SSSR count). The number of H-pyrrole nitrogens is 1. The number of ether oxygens (including phenoxy) is 1. The molecule has 0 saturated heterocycles. The van der Waals surface area contributed by atoms with E-state index in [1.165, 1.54) is 0 Å². The highest BCUT2D eigenvalue weighted by Crippen LogP contribution is 2.06. The smallest absolute Gasteiger partial charge is 0.174 e. The van der Waals surface area contributed by atoms with Crippen LogP contribution in [0.3, 0.4) is 0 Å². The second-order valence-corrected chi connectivity index (χ2v) is 2.88. The molecule has 1 N–H and O–H groups in total. The molecule has 12 heavy (non-hydrogen) atoms. The van der Waals surface area contributed by atoms with E-state index in [-0.39, 0.29) is 0 Å². The van der Waals surface area contributed by atoms with Crippen molar-refractivity contribution in [3.05, 3.63) is 35.0 Å². The van der Waals surface area contributed by atoms with Crippen LogP contribution in [0, 0.1) is 0 Å². The number of nitrogens with one attached hydrogen (secondary N) is 1. The van der Waals surface area contributed by atoms with E-state index in [4.69, 9.17) is 4.74 Å². The van der Waals surface area contributed by atoms with E-state index in [1.54, 1.807) is 19.4 Å². The minimum Gasteiger partial charge on any atom is -0.497 e. The number of methoxy groups -OCH3 is 1. The first kappa shape index (κ1) is 9.06. The number of halogens is 1. The van der Waals surface area contributed by atoms with Crippen LogP contribution < -0.4 is 0 Å². The fourth-order valence-electron chi connectivity index (χ4n) is 0.645. The Morgan fingerprint density at radius 1 is 1.83 bits per heavy atom. The molecule has 0 unspecified atom stereocenters. The molecule has 1 aromatic heterocycles. The van der Waals surface area contributed by atoms with Gasteiger partial charge in [-0.2, -0.15) is 0 Å². The first-order chi connectivity index (χ1) is 5.72. The van der Waals surface area contributed by atoms with Crippen molar-refractivity contribution in [1.82, 2.24) is 9.97 Å². The monoisotopic (exact) mass is 228 g/mol. The number of allylic oxidation sites excluding steroid dienone is 1. The van der Waals surface area contributed by atoms with Crippen LogP contribution in [0.4, 0.5) is 0 Å². The van der Waals surface area contributed by atoms with Crippen LogP contribution in [0.25, 0.3) is 6.08 Å². The fourth-order valence-corrected chi connectivity index (χ4v) is 0.977. The van der Waals surface area contributed by atoms with Crippen LogP contribution in [0.2, 0.25) is 0 Å². The van der Waals surface area contributed by atoms with Crippen LogP contribution in [0.1, 0.15) is 5.69 Å². The molecule has 0 atom stereocenters. The maximum absolute atomic E-state index is 4.85. The Morgan fingerprint density at radius 2 is 2.58 bits per heavy atom. The zero-order valence-corrected chi connectivity index (χ0v) is 8.26. The summed E-state index contributed by atoms with van der Waals surface area (Å²) in [6, 6.07) is 0. The molecular weight excluding hydrogens is 220 g/mol. The van der Waals surface area contributed by atoms with Crippen molar-refractivity contribution in [3.63, 3.8) is 0 Å². The molecule has 0 aliphatic heterocycles. The minimum atomic E-state index is 0.612. The number of hydrogen-bond donors (Lipinski definition) is 1. The predicted molar refractivity (Wildman–Crippen MR) is 51.5 cm³/mol. The zero-order chi connectivity index (χ0) is 8.97. The van der Waals surface area contributed by atoms with Gasteiger partial charge in [-0.25, -0.2) is 4.98 Å². The minimum absolute atomic E-state index is 0.612. The Bertz CT molecular complexity index is 304. The van der Waals surface area contributed by atoms with Crippen molar-refractivity contribution in [2.45, 2.75) is 0 Å². The van der Waals surface area contributed by atoms with Crippen LogP contribution >= 0.6 is 15.9 Å². The standard InChI is InChI=1S/C8H9BrN2O/c1-6(12-2)3-4-7-5-10-8(9)11-7/h3-5H,1H2,2H3,(H,10,11)/b4-3+. The Morgan fingerprint density at radius 3 is 3.08 bits per heavy atom. The average Bonchev–Trinajstić information content (AvgIpc) is 2.47. The van der Waals surface area contributed by atoms with Gasteiger partial charge in [0.05, 0.1) is 19.0 Å². The lowest BCUT2D eigenvalue weighted by molar-refractivity contribution is 0.309. The van der Waals surface area contributed by atoms with Gasteiger partial charge in [0.1, 0.15) is 5.76 Å². The molecule has 0 aliphatic carbocycles. The van der Waals surface area contributed by atoms with Crippen molar-refractivity contribution in [2.24, 2.45) is 0 Å². The number of rotatable bonds is 3. The molecule has 1 heterocycles. The summed E-state index contributed by atoms with van der Waals surface area (Å²) in [6.07, 6.45) is 5.31. The van der Waals surface area contributed by atoms with Crippen molar-refractivity contribution in [3.8, 4) is 0 Å². The van der Waals surface area contributed by atoms with Gasteiger partial charge >= 0.3 is 0 Å². The lowest BCUT2D eigenvalue weighted by atomic mass is 10.4. The second kappa shape index (κ2) is 4.11. The van der Waals surface area contributed by atoms with Gasteiger partial charge in [0.15, 0.2) is 4.73 Å². The van der Waals surface area contributed by atoms with Gasteiger partial charge in [0.25, 0.3) is 0 Å². The van der Waals surface area contributed by atoms with Crippen LogP contribution in [-0.4, -0.2) is 17.1 Å². The van der Waals surface area contributed by atoms with E-state index in [0.29, 0.717) is 10.5 Å². The Labute approximate surface area is 79.3 Å². The van der Waals surface area contributed by atoms with Crippen molar-refractivity contribution >= 4 is 22.0 Å². The third kappa shape index (κ3) is 2.54. The molecule has 0 saturated carbocycles. The molecule has 0 aromatic carbocycles. The number of nitrogens with zero attached hydrogens (tertiary/aromatic N) is 1. The number of imidazole rings is 1. The Balaban J connectivity index is 2.63. The van der Waals surface area contributed by atoms with Crippen LogP contribution in [0.5, 0.6) is 0 Å². The summed E-state index contributed by atoms with van der Waals surface area (Å²) < 4.78 is 5.56. The Hall–Kier alpha value is -1.03. The van der Waals surface area contributed by atoms with Crippen molar-refractivity contribution < 1.29 is 4.74 Å². The summed E-state index contributed by atoms with van der Waals surface area (Å²) in [5.74, 6) is 0.612. The van der Waals surface area contributed by atoms with E-state index in [2.05, 4.69) is 32.5 Å². The maximum Gasteiger partial charge on any atom is 0.174 e. The summed E-state index contributed by atoms with van der Waals surface area (Å²) in [5, 5.41) is 0. The number of aromatic amines is 1. The highest BCUT2D eigenvalue weighted by Gasteiger charge is 1.91. The second-order valence-electron chi connectivity index (χ2n) is 2.13. The fraction of sp³-hybridized carbons (Fsp3) is 0.125. The molecule has 3 nitrogen and oxygen atoms in total. The van der Waals surface area contributed by atoms with E-state index >= 15 is 0 Å². The summed E-state index contributed by atoms with van der Waals surface area (Å²) in [5.41, 5.74) is 0.903. The zero-order valence-electron chi connectivity index (χ0n) is 6.67. The van der Waals surface area contributed by atoms with Crippen molar-refractivity contribution in [1.29, 1.82) is 0 Å². The average molecular weight is 229 g/mol. The molecule has 0 bridgehead atoms. The Kier molecular flexibility index (Phi) is 3.10. The summed E-state index contributed by atoms with van der Waals surface area (Å²) in [4.78, 5) is 6.94. The van der Waals surface area contributed by atoms with E-state index in [9.17, 15) is 0 Å². The molecule has 0 aliphatic rings. The SMILES string of the molecule is C=C(/C=C/c1cnc(Br)[nH]1)OC. The molecule has 1 aromatic rings. The van der Waals surface area contributed by atoms with Gasteiger partial charge in [-0.15, -0.1) is 0 Å². The van der Waals surface area contributed by atoms with E-state index in [0.717, 1.165) is 5.69 Å². The quantitative estimate of drug-likeness (QED) is 0.638. The number of aromatic nitrogens is 2. The molecule has 4 heteroatoms. The predicted octanol–water partition coefficient (Wildman–Crippen LogP) is 2.35. The summed E-state index contributed by atoms with van der Waals surface area (Å²) in [7, 11) is 1.58. The van der Waals surface area contributed by atoms with Gasteiger partial charge in [-0.05, 0) is 28.1 Å². The van der Waals surface area contributed by atoms with E-state index < -0.39 is 0 Å². The van der Waals surface area contributed by atoms with Gasteiger partial charge in [-0.1, -0.05) is 6.58 Å². The highest BCUT2D eigenvalue weighted by atomic mass is 79.9. The highest BCUT2D eigenvalue weighted by molar-refractivity contribution is 9.10. The first-order valence-corrected chi connectivity index (χ1v) is 4.13. The maximum atomic E-state index is 4.85. The van der Waals surface area contributed by atoms with Crippen molar-refractivity contribution in [2.75, 3.05) is 7.11 Å². The molecule has 64 valence electrons. The third-order valence-corrected chi connectivity index (χ3v) is 1.68. The summed E-state index contributed by atoms with van der Waals surface area (Å²) in [6.45, 7) is 3.64. The van der Waals surface area contributed by atoms with Gasteiger partial charge in [0, 0.05) is 0 Å². The van der Waals surface area contributed by atoms with Gasteiger partial charge in [-0.3, -0.25) is 0 Å². The largest absolute Gasteiger partial charge is 0.497 e. The summed E-state index contributed by atoms with van der Waals surface area (Å²) >= 11 is 3.20. The van der Waals surface area contributed by atoms with Crippen LogP contribution in [0.15, 0.2) is 29.3 Å². The third-order valence-electron chi connectivity index (χ3n) is 1.28. The molecule has 0 spiro atoms. The number of hydrogen-bond acceptors (Lipinski definition) is 2. The van der Waals surface area contributed by atoms with Gasteiger partial charge in [0.2, 0.25) is 0 Å². The molecule has 0 fully saturated rings. The molecule has 0 radical (unpaired) electrons. The first-order valence-electron chi connectivity index (χ1n) is 3.34. The lowest BCUT2D eigenvalue weighted by Crippen LogP contribution is -1.77. The van der Waals surface area contributed by atoms with Crippen LogP contribution in [-0.2, 0) is 4.74 Å². The normalized spacial score (nSPS) is 10.5. The van der Waals surface area contributed by atoms with E-state index in [1.807, 2.05) is 6.08 Å². The topological polar surface area (TPSA) is 37.9 Å². The van der Waals surface area contributed by atoms with Gasteiger partial charge < -0.3 is 9.72 Å². The molecular formula is C8H9BrN2O.